The topological polar surface area (TPSA) is 90.4 Å². The fourth-order valence-corrected chi connectivity index (χ4v) is 2.50. The van der Waals surface area contributed by atoms with Crippen LogP contribution >= 0.6 is 0 Å². The van der Waals surface area contributed by atoms with Gasteiger partial charge in [-0.05, 0) is 44.0 Å². The normalized spacial score (nSPS) is 13.2. The van der Waals surface area contributed by atoms with Gasteiger partial charge >= 0.3 is 0 Å². The Kier molecular flexibility index (Phi) is 5.46. The summed E-state index contributed by atoms with van der Waals surface area (Å²) in [6, 6.07) is 6.78. The number of carbonyl (C=O) groups is 2. The predicted molar refractivity (Wildman–Crippen MR) is 94.3 cm³/mol. The Morgan fingerprint density at radius 1 is 1.19 bits per heavy atom. The molecular formula is C19H21N3O4. The van der Waals surface area contributed by atoms with E-state index in [1.54, 1.807) is 18.2 Å². The van der Waals surface area contributed by atoms with Crippen molar-refractivity contribution in [1.29, 1.82) is 0 Å². The molecule has 2 aromatic rings. The molecular weight excluding hydrogens is 334 g/mol. The Labute approximate surface area is 151 Å². The van der Waals surface area contributed by atoms with E-state index in [9.17, 15) is 9.59 Å². The summed E-state index contributed by atoms with van der Waals surface area (Å²) >= 11 is 0. The van der Waals surface area contributed by atoms with E-state index in [2.05, 4.69) is 15.3 Å². The minimum Gasteiger partial charge on any atom is -0.493 e. The van der Waals surface area contributed by atoms with E-state index < -0.39 is 0 Å². The maximum Gasteiger partial charge on any atom is 0.258 e. The van der Waals surface area contributed by atoms with Gasteiger partial charge in [-0.1, -0.05) is 0 Å². The molecule has 0 bridgehead atoms. The molecule has 26 heavy (non-hydrogen) atoms. The highest BCUT2D eigenvalue weighted by Crippen LogP contribution is 2.38. The summed E-state index contributed by atoms with van der Waals surface area (Å²) in [5.74, 6) is 1.03. The van der Waals surface area contributed by atoms with Gasteiger partial charge in [0.2, 0.25) is 0 Å². The summed E-state index contributed by atoms with van der Waals surface area (Å²) < 4.78 is 10.7. The fraction of sp³-hybridized carbons (Fsp3) is 0.368. The molecule has 136 valence electrons. The first kappa shape index (κ1) is 17.8. The number of aromatic nitrogens is 2. The van der Waals surface area contributed by atoms with Gasteiger partial charge in [0.15, 0.2) is 23.9 Å². The lowest BCUT2D eigenvalue weighted by Gasteiger charge is -2.11. The van der Waals surface area contributed by atoms with Crippen LogP contribution in [0.1, 0.15) is 47.4 Å². The number of ether oxygens (including phenoxy) is 2. The summed E-state index contributed by atoms with van der Waals surface area (Å²) in [6.07, 6.45) is 3.87. The summed E-state index contributed by atoms with van der Waals surface area (Å²) in [5.41, 5.74) is 2.34. The fourth-order valence-electron chi connectivity index (χ4n) is 2.50. The van der Waals surface area contributed by atoms with Crippen LogP contribution in [0.2, 0.25) is 0 Å². The molecule has 0 spiro atoms. The second-order valence-electron chi connectivity index (χ2n) is 6.20. The lowest BCUT2D eigenvalue weighted by atomic mass is 10.1. The Morgan fingerprint density at radius 3 is 2.69 bits per heavy atom. The minimum absolute atomic E-state index is 0.0667. The standard InChI is InChI=1S/C19H21N3O4/c1-12(23)14-5-6-17(18(7-14)25-2)26-10-19(24)20-9-15-8-16(13-3-4-13)22-11-21-15/h5-8,11,13H,3-4,9-10H2,1-2H3,(H,20,24). The zero-order chi connectivity index (χ0) is 18.5. The molecule has 0 radical (unpaired) electrons. The number of rotatable bonds is 8. The zero-order valence-corrected chi connectivity index (χ0v) is 14.8. The number of nitrogens with zero attached hydrogens (tertiary/aromatic N) is 2. The van der Waals surface area contributed by atoms with Crippen molar-refractivity contribution in [3.63, 3.8) is 0 Å². The molecule has 0 unspecified atom stereocenters. The number of hydrogen-bond acceptors (Lipinski definition) is 6. The van der Waals surface area contributed by atoms with Crippen LogP contribution in [0.5, 0.6) is 11.5 Å². The molecule has 1 N–H and O–H groups in total. The second-order valence-corrected chi connectivity index (χ2v) is 6.20. The minimum atomic E-state index is -0.269. The van der Waals surface area contributed by atoms with Gasteiger partial charge in [0, 0.05) is 17.2 Å². The highest BCUT2D eigenvalue weighted by molar-refractivity contribution is 5.94. The van der Waals surface area contributed by atoms with E-state index in [0.29, 0.717) is 29.5 Å². The third-order valence-electron chi connectivity index (χ3n) is 4.14. The number of amides is 1. The first-order valence-electron chi connectivity index (χ1n) is 8.46. The van der Waals surface area contributed by atoms with Gasteiger partial charge in [0.1, 0.15) is 6.33 Å². The van der Waals surface area contributed by atoms with Gasteiger partial charge in [-0.2, -0.15) is 0 Å². The van der Waals surface area contributed by atoms with Crippen molar-refractivity contribution in [2.24, 2.45) is 0 Å². The lowest BCUT2D eigenvalue weighted by molar-refractivity contribution is -0.123. The van der Waals surface area contributed by atoms with E-state index in [4.69, 9.17) is 9.47 Å². The van der Waals surface area contributed by atoms with Crippen molar-refractivity contribution in [3.8, 4) is 11.5 Å². The molecule has 1 aromatic carbocycles. The van der Waals surface area contributed by atoms with Crippen LogP contribution in [-0.4, -0.2) is 35.4 Å². The second kappa shape index (κ2) is 7.95. The van der Waals surface area contributed by atoms with Gasteiger partial charge in [-0.3, -0.25) is 9.59 Å². The highest BCUT2D eigenvalue weighted by atomic mass is 16.5. The number of Topliss-reactive ketones (excluding diaryl/α,β-unsaturated/α-hetero) is 1. The molecule has 1 saturated carbocycles. The highest BCUT2D eigenvalue weighted by Gasteiger charge is 2.25. The van der Waals surface area contributed by atoms with Gasteiger partial charge in [0.25, 0.3) is 5.91 Å². The number of nitrogens with one attached hydrogen (secondary N) is 1. The van der Waals surface area contributed by atoms with Crippen LogP contribution in [0.4, 0.5) is 0 Å². The van der Waals surface area contributed by atoms with Gasteiger partial charge in [-0.25, -0.2) is 9.97 Å². The Bertz CT molecular complexity index is 818. The molecule has 1 aromatic heterocycles. The summed E-state index contributed by atoms with van der Waals surface area (Å²) in [5, 5.41) is 2.77. The maximum atomic E-state index is 12.0. The van der Waals surface area contributed by atoms with Crippen LogP contribution in [0.3, 0.4) is 0 Å². The van der Waals surface area contributed by atoms with Crippen LogP contribution < -0.4 is 14.8 Å². The molecule has 3 rings (SSSR count). The maximum absolute atomic E-state index is 12.0. The van der Waals surface area contributed by atoms with Crippen LogP contribution in [0, 0.1) is 0 Å². The molecule has 0 aliphatic heterocycles. The van der Waals surface area contributed by atoms with Crippen molar-refractivity contribution < 1.29 is 19.1 Å². The molecule has 1 heterocycles. The smallest absolute Gasteiger partial charge is 0.258 e. The van der Waals surface area contributed by atoms with Crippen molar-refractivity contribution in [2.75, 3.05) is 13.7 Å². The monoisotopic (exact) mass is 355 g/mol. The number of ketones is 1. The van der Waals surface area contributed by atoms with E-state index in [1.807, 2.05) is 6.07 Å². The van der Waals surface area contributed by atoms with Crippen molar-refractivity contribution in [2.45, 2.75) is 32.2 Å². The molecule has 1 aliphatic rings. The molecule has 0 atom stereocenters. The Balaban J connectivity index is 1.52. The Hall–Kier alpha value is -2.96. The molecule has 0 saturated heterocycles. The van der Waals surface area contributed by atoms with Gasteiger partial charge < -0.3 is 14.8 Å². The summed E-state index contributed by atoms with van der Waals surface area (Å²) in [6.45, 7) is 1.64. The number of benzene rings is 1. The van der Waals surface area contributed by atoms with Crippen LogP contribution in [0.15, 0.2) is 30.6 Å². The third kappa shape index (κ3) is 4.56. The summed E-state index contributed by atoms with van der Waals surface area (Å²) in [7, 11) is 1.48. The average molecular weight is 355 g/mol. The molecule has 7 nitrogen and oxygen atoms in total. The number of methoxy groups -OCH3 is 1. The SMILES string of the molecule is COc1cc(C(C)=O)ccc1OCC(=O)NCc1cc(C2CC2)ncn1. The average Bonchev–Trinajstić information content (AvgIpc) is 3.50. The number of hydrogen-bond donors (Lipinski definition) is 1. The zero-order valence-electron chi connectivity index (χ0n) is 14.8. The van der Waals surface area contributed by atoms with E-state index in [0.717, 1.165) is 11.4 Å². The lowest BCUT2D eigenvalue weighted by Crippen LogP contribution is -2.28. The Morgan fingerprint density at radius 2 is 2.00 bits per heavy atom. The largest absolute Gasteiger partial charge is 0.493 e. The van der Waals surface area contributed by atoms with Crippen molar-refractivity contribution in [1.82, 2.24) is 15.3 Å². The molecule has 1 amide bonds. The first-order valence-corrected chi connectivity index (χ1v) is 8.46. The van der Waals surface area contributed by atoms with Gasteiger partial charge in [0.05, 0.1) is 19.3 Å². The quantitative estimate of drug-likeness (QED) is 0.731. The predicted octanol–water partition coefficient (Wildman–Crippen LogP) is 2.26. The van der Waals surface area contributed by atoms with Crippen molar-refractivity contribution >= 4 is 11.7 Å². The molecule has 7 heteroatoms. The molecule has 1 fully saturated rings. The van der Waals surface area contributed by atoms with Crippen LogP contribution in [-0.2, 0) is 11.3 Å². The first-order chi connectivity index (χ1) is 12.6. The molecule has 1 aliphatic carbocycles. The van der Waals surface area contributed by atoms with E-state index >= 15 is 0 Å². The van der Waals surface area contributed by atoms with Crippen molar-refractivity contribution in [3.05, 3.63) is 47.5 Å². The number of carbonyl (C=O) groups excluding carboxylic acids is 2. The van der Waals surface area contributed by atoms with Crippen LogP contribution in [0.25, 0.3) is 0 Å². The summed E-state index contributed by atoms with van der Waals surface area (Å²) in [4.78, 5) is 31.9. The van der Waals surface area contributed by atoms with Gasteiger partial charge in [-0.15, -0.1) is 0 Å². The van der Waals surface area contributed by atoms with E-state index in [-0.39, 0.29) is 18.3 Å². The van der Waals surface area contributed by atoms with E-state index in [1.165, 1.54) is 33.2 Å². The third-order valence-corrected chi connectivity index (χ3v) is 4.14.